The van der Waals surface area contributed by atoms with Crippen LogP contribution in [0.15, 0.2) is 18.2 Å². The number of ether oxygens (including phenoxy) is 2. The van der Waals surface area contributed by atoms with Crippen LogP contribution in [0.1, 0.15) is 5.69 Å². The maximum Gasteiger partial charge on any atom is 0.387 e. The molecule has 0 aliphatic heterocycles. The third kappa shape index (κ3) is 2.95. The fourth-order valence-corrected chi connectivity index (χ4v) is 1.62. The molecule has 20 heavy (non-hydrogen) atoms. The van der Waals surface area contributed by atoms with E-state index < -0.39 is 18.2 Å². The molecule has 0 saturated heterocycles. The predicted octanol–water partition coefficient (Wildman–Crippen LogP) is 2.84. The zero-order valence-corrected chi connectivity index (χ0v) is 10.7. The predicted molar refractivity (Wildman–Crippen MR) is 65.5 cm³/mol. The molecule has 0 spiro atoms. The van der Waals surface area contributed by atoms with Crippen LogP contribution in [-0.2, 0) is 7.05 Å². The molecule has 2 aromatic rings. The monoisotopic (exact) mass is 287 g/mol. The summed E-state index contributed by atoms with van der Waals surface area (Å²) >= 11 is 0. The molecule has 2 rings (SSSR count). The lowest BCUT2D eigenvalue weighted by atomic mass is 10.2. The van der Waals surface area contributed by atoms with Gasteiger partial charge in [-0.25, -0.2) is 9.07 Å². The van der Waals surface area contributed by atoms with Crippen molar-refractivity contribution in [2.75, 3.05) is 5.73 Å². The number of alkyl halides is 2. The molecule has 0 radical (unpaired) electrons. The molecule has 0 saturated carbocycles. The Bertz CT molecular complexity index is 629. The molecule has 0 amide bonds. The number of hydrogen-bond donors (Lipinski definition) is 1. The number of aryl methyl sites for hydroxylation is 2. The summed E-state index contributed by atoms with van der Waals surface area (Å²) in [5, 5.41) is 4.05. The van der Waals surface area contributed by atoms with Crippen LogP contribution in [0.2, 0.25) is 0 Å². The van der Waals surface area contributed by atoms with Crippen molar-refractivity contribution in [3.8, 4) is 17.4 Å². The minimum Gasteiger partial charge on any atom is -0.437 e. The van der Waals surface area contributed by atoms with Crippen molar-refractivity contribution in [1.29, 1.82) is 0 Å². The number of nitrogens with zero attached hydrogens (tertiary/aromatic N) is 2. The maximum atomic E-state index is 13.4. The summed E-state index contributed by atoms with van der Waals surface area (Å²) in [5.41, 5.74) is 6.25. The Labute approximate surface area is 112 Å². The van der Waals surface area contributed by atoms with Gasteiger partial charge in [0.25, 0.3) is 0 Å². The standard InChI is InChI=1S/C12H12F3N3O2/c1-6-3-11(18(2)17-6)19-10-5-9(20-12(14)15)7(13)4-8(10)16/h3-5,12H,16H2,1-2H3. The van der Waals surface area contributed by atoms with Crippen molar-refractivity contribution in [3.05, 3.63) is 29.7 Å². The lowest BCUT2D eigenvalue weighted by molar-refractivity contribution is -0.0522. The van der Waals surface area contributed by atoms with Crippen molar-refractivity contribution in [2.24, 2.45) is 7.05 Å². The summed E-state index contributed by atoms with van der Waals surface area (Å²) in [6, 6.07) is 3.45. The lowest BCUT2D eigenvalue weighted by Crippen LogP contribution is -2.05. The third-order valence-corrected chi connectivity index (χ3v) is 2.45. The van der Waals surface area contributed by atoms with Gasteiger partial charge < -0.3 is 15.2 Å². The average Bonchev–Trinajstić information content (AvgIpc) is 2.63. The summed E-state index contributed by atoms with van der Waals surface area (Å²) in [4.78, 5) is 0. The number of aromatic nitrogens is 2. The third-order valence-electron chi connectivity index (χ3n) is 2.45. The van der Waals surface area contributed by atoms with Gasteiger partial charge in [0, 0.05) is 25.2 Å². The van der Waals surface area contributed by atoms with Crippen molar-refractivity contribution in [2.45, 2.75) is 13.5 Å². The van der Waals surface area contributed by atoms with Crippen molar-refractivity contribution in [1.82, 2.24) is 9.78 Å². The Morgan fingerprint density at radius 3 is 2.50 bits per heavy atom. The van der Waals surface area contributed by atoms with Crippen LogP contribution >= 0.6 is 0 Å². The summed E-state index contributed by atoms with van der Waals surface area (Å²) in [6.45, 7) is -1.38. The molecule has 0 aliphatic rings. The maximum absolute atomic E-state index is 13.4. The van der Waals surface area contributed by atoms with Crippen LogP contribution in [0.5, 0.6) is 17.4 Å². The Balaban J connectivity index is 2.33. The molecule has 0 fully saturated rings. The van der Waals surface area contributed by atoms with Crippen molar-refractivity contribution in [3.63, 3.8) is 0 Å². The fraction of sp³-hybridized carbons (Fsp3) is 0.250. The lowest BCUT2D eigenvalue weighted by Gasteiger charge is -2.11. The number of hydrogen-bond acceptors (Lipinski definition) is 4. The van der Waals surface area contributed by atoms with Crippen LogP contribution < -0.4 is 15.2 Å². The smallest absolute Gasteiger partial charge is 0.387 e. The first-order valence-corrected chi connectivity index (χ1v) is 5.59. The molecule has 1 heterocycles. The second-order valence-electron chi connectivity index (χ2n) is 4.05. The highest BCUT2D eigenvalue weighted by Crippen LogP contribution is 2.34. The van der Waals surface area contributed by atoms with E-state index in [0.717, 1.165) is 12.1 Å². The van der Waals surface area contributed by atoms with Gasteiger partial charge in [0.15, 0.2) is 17.3 Å². The molecule has 2 N–H and O–H groups in total. The molecular formula is C12H12F3N3O2. The first kappa shape index (κ1) is 14.0. The van der Waals surface area contributed by atoms with Gasteiger partial charge in [-0.15, -0.1) is 0 Å². The normalized spacial score (nSPS) is 10.9. The minimum atomic E-state index is -3.14. The number of benzene rings is 1. The fourth-order valence-electron chi connectivity index (χ4n) is 1.62. The highest BCUT2D eigenvalue weighted by Gasteiger charge is 2.15. The zero-order chi connectivity index (χ0) is 14.9. The molecule has 108 valence electrons. The number of anilines is 1. The van der Waals surface area contributed by atoms with Crippen LogP contribution in [0.3, 0.4) is 0 Å². The second kappa shape index (κ2) is 5.32. The highest BCUT2D eigenvalue weighted by atomic mass is 19.3. The van der Waals surface area contributed by atoms with Gasteiger partial charge in [-0.2, -0.15) is 13.9 Å². The molecule has 0 aliphatic carbocycles. The zero-order valence-electron chi connectivity index (χ0n) is 10.7. The van der Waals surface area contributed by atoms with E-state index in [1.165, 1.54) is 4.68 Å². The molecule has 0 atom stereocenters. The first-order chi connectivity index (χ1) is 9.36. The highest BCUT2D eigenvalue weighted by molar-refractivity contribution is 5.57. The quantitative estimate of drug-likeness (QED) is 0.878. The van der Waals surface area contributed by atoms with Gasteiger partial charge in [0.2, 0.25) is 5.88 Å². The van der Waals surface area contributed by atoms with Crippen LogP contribution in [0.25, 0.3) is 0 Å². The van der Waals surface area contributed by atoms with E-state index in [4.69, 9.17) is 10.5 Å². The van der Waals surface area contributed by atoms with Gasteiger partial charge in [-0.3, -0.25) is 0 Å². The molecule has 0 bridgehead atoms. The largest absolute Gasteiger partial charge is 0.437 e. The number of rotatable bonds is 4. The number of nitrogens with two attached hydrogens (primary N) is 1. The van der Waals surface area contributed by atoms with Crippen LogP contribution in [-0.4, -0.2) is 16.4 Å². The summed E-state index contributed by atoms with van der Waals surface area (Å²) in [5.74, 6) is -1.28. The van der Waals surface area contributed by atoms with Gasteiger partial charge in [-0.05, 0) is 6.92 Å². The van der Waals surface area contributed by atoms with Crippen LogP contribution in [0.4, 0.5) is 18.9 Å². The molecule has 0 unspecified atom stereocenters. The Morgan fingerprint density at radius 1 is 1.25 bits per heavy atom. The van der Waals surface area contributed by atoms with E-state index >= 15 is 0 Å². The Morgan fingerprint density at radius 2 is 1.95 bits per heavy atom. The first-order valence-electron chi connectivity index (χ1n) is 5.59. The van der Waals surface area contributed by atoms with Crippen LogP contribution in [0, 0.1) is 12.7 Å². The Hall–Kier alpha value is -2.38. The SMILES string of the molecule is Cc1cc(Oc2cc(OC(F)F)c(F)cc2N)n(C)n1. The summed E-state index contributed by atoms with van der Waals surface area (Å²) in [6.07, 6.45) is 0. The molecular weight excluding hydrogens is 275 g/mol. The number of nitrogen functional groups attached to an aromatic ring is 1. The topological polar surface area (TPSA) is 62.3 Å². The van der Waals surface area contributed by atoms with Crippen molar-refractivity contribution < 1.29 is 22.6 Å². The number of halogens is 3. The van der Waals surface area contributed by atoms with Gasteiger partial charge >= 0.3 is 6.61 Å². The van der Waals surface area contributed by atoms with Gasteiger partial charge in [0.1, 0.15) is 0 Å². The van der Waals surface area contributed by atoms with Gasteiger partial charge in [-0.1, -0.05) is 0 Å². The Kier molecular flexibility index (Phi) is 3.73. The molecule has 5 nitrogen and oxygen atoms in total. The summed E-state index contributed by atoms with van der Waals surface area (Å²) in [7, 11) is 1.64. The minimum absolute atomic E-state index is 0.00468. The van der Waals surface area contributed by atoms with E-state index in [9.17, 15) is 13.2 Å². The van der Waals surface area contributed by atoms with E-state index in [-0.39, 0.29) is 11.4 Å². The van der Waals surface area contributed by atoms with E-state index in [1.54, 1.807) is 20.0 Å². The van der Waals surface area contributed by atoms with E-state index in [0.29, 0.717) is 11.6 Å². The molecule has 1 aromatic heterocycles. The average molecular weight is 287 g/mol. The van der Waals surface area contributed by atoms with E-state index in [1.807, 2.05) is 0 Å². The van der Waals surface area contributed by atoms with Crippen molar-refractivity contribution >= 4 is 5.69 Å². The van der Waals surface area contributed by atoms with E-state index in [2.05, 4.69) is 9.84 Å². The molecule has 8 heteroatoms. The van der Waals surface area contributed by atoms with Gasteiger partial charge in [0.05, 0.1) is 11.4 Å². The molecule has 1 aromatic carbocycles. The second-order valence-corrected chi connectivity index (χ2v) is 4.05. The summed E-state index contributed by atoms with van der Waals surface area (Å²) < 4.78 is 48.6.